The van der Waals surface area contributed by atoms with Crippen LogP contribution in [0.15, 0.2) is 84.9 Å². The lowest BCUT2D eigenvalue weighted by molar-refractivity contribution is 0.310. The number of benzene rings is 3. The van der Waals surface area contributed by atoms with E-state index in [1.807, 2.05) is 12.1 Å². The second-order valence-electron chi connectivity index (χ2n) is 6.26. The molecule has 2 aromatic heterocycles. The van der Waals surface area contributed by atoms with Gasteiger partial charge < -0.3 is 4.74 Å². The molecule has 0 N–H and O–H groups in total. The molecule has 27 heavy (non-hydrogen) atoms. The maximum atomic E-state index is 13.1. The van der Waals surface area contributed by atoms with E-state index in [4.69, 9.17) is 4.74 Å². The maximum absolute atomic E-state index is 13.1. The molecule has 0 radical (unpaired) electrons. The molecule has 0 fully saturated rings. The summed E-state index contributed by atoms with van der Waals surface area (Å²) in [6, 6.07) is 28.9. The van der Waals surface area contributed by atoms with Crippen LogP contribution in [-0.4, -0.2) is 0 Å². The van der Waals surface area contributed by atoms with E-state index in [0.29, 0.717) is 6.61 Å². The molecule has 3 aromatic carbocycles. The van der Waals surface area contributed by atoms with Crippen molar-refractivity contribution in [3.8, 4) is 10.6 Å². The number of hydrogen-bond acceptors (Lipinski definition) is 2. The van der Waals surface area contributed by atoms with Crippen molar-refractivity contribution in [1.29, 1.82) is 0 Å². The minimum atomic E-state index is -0.177. The van der Waals surface area contributed by atoms with Crippen LogP contribution in [-0.2, 0) is 6.61 Å². The zero-order chi connectivity index (χ0) is 18.2. The van der Waals surface area contributed by atoms with Crippen LogP contribution in [0, 0.1) is 5.13 Å². The SMILES string of the molecule is Fc1ccc(COc2ccc(-[s+]3c4ccccc4c4ccccc43)cc2)s1. The first kappa shape index (κ1) is 16.5. The van der Waals surface area contributed by atoms with E-state index in [-0.39, 0.29) is 15.6 Å². The first-order chi connectivity index (χ1) is 13.3. The summed E-state index contributed by atoms with van der Waals surface area (Å²) >= 11 is 1.12. The van der Waals surface area contributed by atoms with Gasteiger partial charge in [-0.05, 0) is 48.5 Å². The van der Waals surface area contributed by atoms with E-state index in [1.165, 1.54) is 31.1 Å². The molecular formula is C23H16FOS2+. The van der Waals surface area contributed by atoms with Crippen molar-refractivity contribution in [3.05, 3.63) is 94.9 Å². The molecule has 132 valence electrons. The maximum Gasteiger partial charge on any atom is 0.187 e. The predicted molar refractivity (Wildman–Crippen MR) is 114 cm³/mol. The molecule has 0 saturated heterocycles. The number of fused-ring (bicyclic) bond motifs is 3. The van der Waals surface area contributed by atoms with Crippen molar-refractivity contribution in [1.82, 2.24) is 0 Å². The van der Waals surface area contributed by atoms with Gasteiger partial charge in [-0.2, -0.15) is 4.39 Å². The minimum absolute atomic E-state index is 0.0885. The fourth-order valence-electron chi connectivity index (χ4n) is 3.36. The Kier molecular flexibility index (Phi) is 4.15. The summed E-state index contributed by atoms with van der Waals surface area (Å²) in [5.74, 6) is 0.803. The van der Waals surface area contributed by atoms with Crippen LogP contribution in [0.3, 0.4) is 0 Å². The Bertz CT molecular complexity index is 1180. The number of rotatable bonds is 4. The van der Waals surface area contributed by atoms with Gasteiger partial charge in [-0.25, -0.2) is 0 Å². The van der Waals surface area contributed by atoms with Gasteiger partial charge in [0.2, 0.25) is 0 Å². The lowest BCUT2D eigenvalue weighted by Gasteiger charge is -2.04. The van der Waals surface area contributed by atoms with Gasteiger partial charge in [-0.15, -0.1) is 11.3 Å². The first-order valence-corrected chi connectivity index (χ1v) is 10.7. The third-order valence-electron chi connectivity index (χ3n) is 4.57. The molecule has 0 aliphatic heterocycles. The van der Waals surface area contributed by atoms with Crippen LogP contribution in [0.5, 0.6) is 5.75 Å². The Labute approximate surface area is 163 Å². The molecule has 0 unspecified atom stereocenters. The van der Waals surface area contributed by atoms with E-state index in [9.17, 15) is 4.39 Å². The summed E-state index contributed by atoms with van der Waals surface area (Å²) in [7, 11) is -0.0885. The zero-order valence-corrected chi connectivity index (χ0v) is 16.0. The quantitative estimate of drug-likeness (QED) is 0.288. The van der Waals surface area contributed by atoms with Crippen LogP contribution in [0.1, 0.15) is 4.88 Å². The molecule has 5 rings (SSSR count). The number of hydrogen-bond donors (Lipinski definition) is 0. The van der Waals surface area contributed by atoms with E-state index < -0.39 is 0 Å². The third-order valence-corrected chi connectivity index (χ3v) is 7.76. The second kappa shape index (κ2) is 6.80. The summed E-state index contributed by atoms with van der Waals surface area (Å²) in [5, 5.41) is 2.48. The van der Waals surface area contributed by atoms with Crippen molar-refractivity contribution in [2.45, 2.75) is 6.61 Å². The molecule has 1 nitrogen and oxygen atoms in total. The van der Waals surface area contributed by atoms with Gasteiger partial charge in [0.25, 0.3) is 0 Å². The second-order valence-corrected chi connectivity index (χ2v) is 9.35. The Hall–Kier alpha value is -2.69. The van der Waals surface area contributed by atoms with Crippen molar-refractivity contribution >= 4 is 42.0 Å². The van der Waals surface area contributed by atoms with Gasteiger partial charge in [-0.1, -0.05) is 24.3 Å². The number of ether oxygens (including phenoxy) is 1. The summed E-state index contributed by atoms with van der Waals surface area (Å²) in [4.78, 5) is 2.17. The van der Waals surface area contributed by atoms with Crippen molar-refractivity contribution in [2.75, 3.05) is 0 Å². The predicted octanol–water partition coefficient (Wildman–Crippen LogP) is 7.51. The van der Waals surface area contributed by atoms with Crippen molar-refractivity contribution in [2.24, 2.45) is 0 Å². The highest BCUT2D eigenvalue weighted by molar-refractivity contribution is 7.50. The minimum Gasteiger partial charge on any atom is -0.488 e. The van der Waals surface area contributed by atoms with Crippen molar-refractivity contribution in [3.63, 3.8) is 0 Å². The van der Waals surface area contributed by atoms with Gasteiger partial charge in [0, 0.05) is 38.3 Å². The molecule has 0 amide bonds. The van der Waals surface area contributed by atoms with E-state index in [2.05, 4.69) is 60.7 Å². The monoisotopic (exact) mass is 391 g/mol. The third kappa shape index (κ3) is 3.01. The molecular weight excluding hydrogens is 375 g/mol. The standard InChI is InChI=1S/C23H16FOS2/c24-23-14-11-17(26-23)15-25-16-9-12-18(13-10-16)27-21-7-3-1-5-19(21)20-6-2-4-8-22(20)27/h1-14H,15H2/q+1. The molecule has 0 aliphatic rings. The Morgan fingerprint density at radius 3 is 1.96 bits per heavy atom. The summed E-state index contributed by atoms with van der Waals surface area (Å²) in [5.41, 5.74) is 0. The molecule has 2 heterocycles. The molecule has 0 atom stereocenters. The largest absolute Gasteiger partial charge is 0.488 e. The van der Waals surface area contributed by atoms with Gasteiger partial charge in [-0.3, -0.25) is 0 Å². The van der Waals surface area contributed by atoms with E-state index in [1.54, 1.807) is 6.07 Å². The van der Waals surface area contributed by atoms with Gasteiger partial charge in [0.15, 0.2) is 19.4 Å². The van der Waals surface area contributed by atoms with Crippen LogP contribution in [0.2, 0.25) is 0 Å². The fourth-order valence-corrected chi connectivity index (χ4v) is 6.38. The summed E-state index contributed by atoms with van der Waals surface area (Å²) in [6.45, 7) is 0.394. The topological polar surface area (TPSA) is 9.23 Å². The molecule has 0 aliphatic carbocycles. The first-order valence-electron chi connectivity index (χ1n) is 8.69. The summed E-state index contributed by atoms with van der Waals surface area (Å²) < 4.78 is 21.6. The van der Waals surface area contributed by atoms with Crippen LogP contribution in [0.25, 0.3) is 25.1 Å². The van der Waals surface area contributed by atoms with Crippen LogP contribution in [0.4, 0.5) is 4.39 Å². The lowest BCUT2D eigenvalue weighted by atomic mass is 10.2. The Balaban J connectivity index is 1.51. The highest BCUT2D eigenvalue weighted by Gasteiger charge is 2.22. The Morgan fingerprint density at radius 1 is 0.741 bits per heavy atom. The van der Waals surface area contributed by atoms with E-state index in [0.717, 1.165) is 22.0 Å². The normalized spacial score (nSPS) is 11.3. The van der Waals surface area contributed by atoms with Crippen molar-refractivity contribution < 1.29 is 9.13 Å². The smallest absolute Gasteiger partial charge is 0.187 e. The average Bonchev–Trinajstić information content (AvgIpc) is 3.28. The van der Waals surface area contributed by atoms with Crippen LogP contribution < -0.4 is 4.74 Å². The highest BCUT2D eigenvalue weighted by Crippen LogP contribution is 2.48. The molecule has 0 spiro atoms. The average molecular weight is 392 g/mol. The van der Waals surface area contributed by atoms with E-state index >= 15 is 0 Å². The number of thiophene rings is 2. The zero-order valence-electron chi connectivity index (χ0n) is 14.4. The Morgan fingerprint density at radius 2 is 1.37 bits per heavy atom. The van der Waals surface area contributed by atoms with Gasteiger partial charge in [0.05, 0.1) is 0 Å². The summed E-state index contributed by atoms with van der Waals surface area (Å²) in [6.07, 6.45) is 0. The number of halogens is 1. The fraction of sp³-hybridized carbons (Fsp3) is 0.0435. The van der Waals surface area contributed by atoms with Gasteiger partial charge >= 0.3 is 0 Å². The molecule has 4 heteroatoms. The molecule has 5 aromatic rings. The van der Waals surface area contributed by atoms with Gasteiger partial charge in [0.1, 0.15) is 12.4 Å². The highest BCUT2D eigenvalue weighted by atomic mass is 32.2. The molecule has 0 saturated carbocycles. The molecule has 0 bridgehead atoms. The lowest BCUT2D eigenvalue weighted by Crippen LogP contribution is -1.92. The van der Waals surface area contributed by atoms with Crippen LogP contribution >= 0.6 is 21.8 Å².